The zero-order valence-electron chi connectivity index (χ0n) is 73.9. The molecule has 3 rings (SSSR count). The Morgan fingerprint density at radius 2 is 0.598 bits per heavy atom. The number of carbonyl (C=O) groups excluding carboxylic acids is 1. The lowest BCUT2D eigenvalue weighted by atomic mass is 9.96. The molecule has 0 aromatic heterocycles. The summed E-state index contributed by atoms with van der Waals surface area (Å²) >= 11 is 0. The first-order valence-corrected chi connectivity index (χ1v) is 48.3. The number of aliphatic hydroxyl groups excluding tert-OH is 11. The van der Waals surface area contributed by atoms with E-state index >= 15 is 0 Å². The van der Waals surface area contributed by atoms with E-state index in [1.165, 1.54) is 295 Å². The van der Waals surface area contributed by atoms with Gasteiger partial charge < -0.3 is 89.9 Å². The first-order chi connectivity index (χ1) is 57.3. The maximum Gasteiger partial charge on any atom is 0.220 e. The molecular weight excluding hydrogens is 1480 g/mol. The van der Waals surface area contributed by atoms with Crippen molar-refractivity contribution >= 4 is 5.91 Å². The summed E-state index contributed by atoms with van der Waals surface area (Å²) in [5.74, 6) is -0.278. The number of allylic oxidation sites excluding steroid dienone is 13. The van der Waals surface area contributed by atoms with Crippen LogP contribution in [0.4, 0.5) is 0 Å². The fourth-order valence-electron chi connectivity index (χ4n) is 16.1. The van der Waals surface area contributed by atoms with E-state index < -0.39 is 124 Å². The minimum absolute atomic E-state index is 0.237. The number of aliphatic hydroxyl groups is 11. The molecule has 17 unspecified atom stereocenters. The van der Waals surface area contributed by atoms with Crippen LogP contribution in [0.2, 0.25) is 0 Å². The van der Waals surface area contributed by atoms with Crippen molar-refractivity contribution in [2.45, 2.75) is 503 Å². The van der Waals surface area contributed by atoms with Crippen LogP contribution in [0.25, 0.3) is 0 Å². The lowest BCUT2D eigenvalue weighted by molar-refractivity contribution is -0.379. The Hall–Kier alpha value is -3.03. The van der Waals surface area contributed by atoms with Gasteiger partial charge in [-0.15, -0.1) is 0 Å². The average Bonchev–Trinajstić information content (AvgIpc) is 0.778. The fourth-order valence-corrected chi connectivity index (χ4v) is 16.1. The first-order valence-electron chi connectivity index (χ1n) is 48.3. The highest BCUT2D eigenvalue weighted by Crippen LogP contribution is 2.34. The van der Waals surface area contributed by atoms with Gasteiger partial charge in [0, 0.05) is 6.42 Å². The van der Waals surface area contributed by atoms with E-state index in [2.05, 4.69) is 92.1 Å². The normalized spacial score (nSPS) is 24.7. The Bertz CT molecular complexity index is 2440. The second kappa shape index (κ2) is 76.6. The zero-order chi connectivity index (χ0) is 84.5. The summed E-state index contributed by atoms with van der Waals surface area (Å²) in [5, 5.41) is 121. The van der Waals surface area contributed by atoms with Crippen LogP contribution in [0.5, 0.6) is 0 Å². The number of hydrogen-bond acceptors (Lipinski definition) is 18. The van der Waals surface area contributed by atoms with E-state index in [4.69, 9.17) is 28.4 Å². The highest BCUT2D eigenvalue weighted by atomic mass is 16.8. The first kappa shape index (κ1) is 108. The standard InChI is InChI=1S/C98H177NO18/c1-3-5-7-9-11-13-15-17-19-21-23-25-27-29-31-33-35-36-37-38-39-40-41-42-43-44-46-48-50-52-54-56-58-60-62-64-66-68-70-72-74-76-86(104)99-81(82(103)75-73-71-69-67-65-63-61-59-57-55-53-51-49-47-45-34-32-30-28-26-24-22-20-18-16-14-12-10-8-6-4-2)80-112-96-92(110)89(107)94(84(78-101)114-96)117-98-93(111)90(108)95(85(79-102)115-98)116-97-91(109)88(106)87(105)83(77-100)113-97/h5,7,11,13,17,19,23,25,29,31,65,67,73,75,81-85,87-98,100-103,105-111H,3-4,6,8-10,12,14-16,18,20-22,24,26-28,30,32-64,66,68-72,74,76-80H2,1-2H3,(H,99,104)/b7-5-,13-11-,19-17-,25-23-,31-29-,67-65+,75-73+. The number of amides is 1. The van der Waals surface area contributed by atoms with Gasteiger partial charge in [0.05, 0.1) is 38.6 Å². The van der Waals surface area contributed by atoms with Crippen LogP contribution in [0, 0.1) is 0 Å². The maximum atomic E-state index is 13.5. The molecule has 1 amide bonds. The molecule has 0 radical (unpaired) electrons. The minimum atomic E-state index is -1.98. The lowest BCUT2D eigenvalue weighted by Gasteiger charge is -2.48. The quantitative estimate of drug-likeness (QED) is 0.0199. The van der Waals surface area contributed by atoms with Gasteiger partial charge in [0.25, 0.3) is 0 Å². The molecule has 19 nitrogen and oxygen atoms in total. The van der Waals surface area contributed by atoms with Crippen molar-refractivity contribution in [3.8, 4) is 0 Å². The molecule has 117 heavy (non-hydrogen) atoms. The lowest BCUT2D eigenvalue weighted by Crippen LogP contribution is -2.66. The largest absolute Gasteiger partial charge is 0.394 e. The molecule has 0 spiro atoms. The van der Waals surface area contributed by atoms with Crippen LogP contribution in [0.15, 0.2) is 85.1 Å². The van der Waals surface area contributed by atoms with Gasteiger partial charge in [0.2, 0.25) is 5.91 Å². The SMILES string of the molecule is CC/C=C\C/C=C\C/C=C\C/C=C\C/C=C\CCCCCCCCCCCCCCCCCCCCCCCCCCCC(=O)NC(COC1OC(CO)C(OC2OC(CO)C(OC3OC(CO)C(O)C(O)C3O)C(O)C2O)C(O)C1O)C(O)/C=C/CC/C=C/CCCCCCCCCCCCCCCCCCCCCCCCCCC. The van der Waals surface area contributed by atoms with E-state index in [-0.39, 0.29) is 18.9 Å². The number of ether oxygens (including phenoxy) is 6. The summed E-state index contributed by atoms with van der Waals surface area (Å²) in [7, 11) is 0. The Balaban J connectivity index is 1.29. The van der Waals surface area contributed by atoms with Gasteiger partial charge in [-0.3, -0.25) is 4.79 Å². The molecule has 12 N–H and O–H groups in total. The number of nitrogens with one attached hydrogen (secondary N) is 1. The molecule has 0 saturated carbocycles. The zero-order valence-corrected chi connectivity index (χ0v) is 73.9. The van der Waals surface area contributed by atoms with Crippen molar-refractivity contribution in [3.05, 3.63) is 85.1 Å². The van der Waals surface area contributed by atoms with Crippen LogP contribution in [-0.4, -0.2) is 193 Å². The Morgan fingerprint density at radius 3 is 0.957 bits per heavy atom. The van der Waals surface area contributed by atoms with Crippen LogP contribution in [0.3, 0.4) is 0 Å². The van der Waals surface area contributed by atoms with Gasteiger partial charge in [0.1, 0.15) is 73.2 Å². The monoisotopic (exact) mass is 1660 g/mol. The second-order valence-corrected chi connectivity index (χ2v) is 34.1. The van der Waals surface area contributed by atoms with Crippen molar-refractivity contribution in [2.24, 2.45) is 0 Å². The molecule has 0 aliphatic carbocycles. The molecule has 19 heteroatoms. The van der Waals surface area contributed by atoms with Crippen LogP contribution in [-0.2, 0) is 33.2 Å². The Morgan fingerprint density at radius 1 is 0.316 bits per heavy atom. The van der Waals surface area contributed by atoms with E-state index in [1.807, 2.05) is 6.08 Å². The highest BCUT2D eigenvalue weighted by molar-refractivity contribution is 5.76. The van der Waals surface area contributed by atoms with E-state index in [0.717, 1.165) is 70.6 Å². The predicted octanol–water partition coefficient (Wildman–Crippen LogP) is 19.6. The molecule has 3 heterocycles. The van der Waals surface area contributed by atoms with Crippen LogP contribution < -0.4 is 5.32 Å². The van der Waals surface area contributed by atoms with Crippen molar-refractivity contribution in [1.82, 2.24) is 5.32 Å². The molecule has 0 aromatic rings. The maximum absolute atomic E-state index is 13.5. The Kier molecular flexibility index (Phi) is 70.8. The van der Waals surface area contributed by atoms with Gasteiger partial charge in [-0.25, -0.2) is 0 Å². The molecule has 0 aromatic carbocycles. The molecule has 3 saturated heterocycles. The van der Waals surface area contributed by atoms with E-state index in [9.17, 15) is 61.0 Å². The van der Waals surface area contributed by atoms with Crippen molar-refractivity contribution in [3.63, 3.8) is 0 Å². The summed E-state index contributed by atoms with van der Waals surface area (Å²) in [6.45, 7) is 1.66. The third kappa shape index (κ3) is 54.4. The van der Waals surface area contributed by atoms with Crippen molar-refractivity contribution in [2.75, 3.05) is 26.4 Å². The fraction of sp³-hybridized carbons (Fsp3) is 0.847. The van der Waals surface area contributed by atoms with Crippen molar-refractivity contribution in [1.29, 1.82) is 0 Å². The van der Waals surface area contributed by atoms with Gasteiger partial charge in [-0.1, -0.05) is 401 Å². The van der Waals surface area contributed by atoms with Gasteiger partial charge in [-0.05, 0) is 77.0 Å². The highest BCUT2D eigenvalue weighted by Gasteiger charge is 2.54. The van der Waals surface area contributed by atoms with Crippen molar-refractivity contribution < 1.29 is 89.4 Å². The molecular formula is C98H177NO18. The van der Waals surface area contributed by atoms with Gasteiger partial charge in [0.15, 0.2) is 18.9 Å². The molecule has 0 bridgehead atoms. The van der Waals surface area contributed by atoms with Gasteiger partial charge in [-0.2, -0.15) is 0 Å². The molecule has 3 aliphatic heterocycles. The molecule has 3 fully saturated rings. The number of rotatable bonds is 79. The number of unbranched alkanes of at least 4 members (excludes halogenated alkanes) is 51. The summed E-state index contributed by atoms with van der Waals surface area (Å²) in [5.41, 5.74) is 0. The summed E-state index contributed by atoms with van der Waals surface area (Å²) < 4.78 is 34.5. The van der Waals surface area contributed by atoms with E-state index in [1.54, 1.807) is 6.08 Å². The summed E-state index contributed by atoms with van der Waals surface area (Å²) in [4.78, 5) is 13.5. The number of carbonyl (C=O) groups is 1. The molecule has 682 valence electrons. The average molecular weight is 1660 g/mol. The minimum Gasteiger partial charge on any atom is -0.394 e. The third-order valence-electron chi connectivity index (χ3n) is 23.7. The summed E-state index contributed by atoms with van der Waals surface area (Å²) in [6.07, 6.45) is 79.1. The Labute approximate surface area is 711 Å². The molecule has 3 aliphatic rings. The third-order valence-corrected chi connectivity index (χ3v) is 23.7. The predicted molar refractivity (Wildman–Crippen MR) is 475 cm³/mol. The topological polar surface area (TPSA) is 307 Å². The van der Waals surface area contributed by atoms with E-state index in [0.29, 0.717) is 12.8 Å². The van der Waals surface area contributed by atoms with Crippen LogP contribution in [0.1, 0.15) is 399 Å². The second-order valence-electron chi connectivity index (χ2n) is 34.1. The molecule has 17 atom stereocenters. The number of hydrogen-bond donors (Lipinski definition) is 12. The summed E-state index contributed by atoms with van der Waals surface area (Å²) in [6, 6.07) is -0.994. The smallest absolute Gasteiger partial charge is 0.220 e. The van der Waals surface area contributed by atoms with Gasteiger partial charge >= 0.3 is 0 Å². The van der Waals surface area contributed by atoms with Crippen LogP contribution >= 0.6 is 0 Å².